The van der Waals surface area contributed by atoms with Crippen molar-refractivity contribution in [3.05, 3.63) is 30.0 Å². The predicted molar refractivity (Wildman–Crippen MR) is 63.2 cm³/mol. The zero-order chi connectivity index (χ0) is 11.0. The number of hydrogen-bond acceptors (Lipinski definition) is 3. The minimum atomic E-state index is 1.05. The molecule has 0 unspecified atom stereocenters. The van der Waals surface area contributed by atoms with Crippen LogP contribution in [0, 0.1) is 0 Å². The van der Waals surface area contributed by atoms with E-state index in [0.29, 0.717) is 0 Å². The highest BCUT2D eigenvalue weighted by Crippen LogP contribution is 2.32. The number of aryl methyl sites for hydroxylation is 2. The summed E-state index contributed by atoms with van der Waals surface area (Å²) in [6, 6.07) is 6.42. The van der Waals surface area contributed by atoms with Crippen molar-refractivity contribution >= 4 is 5.69 Å². The van der Waals surface area contributed by atoms with Crippen molar-refractivity contribution in [2.75, 3.05) is 11.9 Å². The minimum absolute atomic E-state index is 1.05. The first-order valence-corrected chi connectivity index (χ1v) is 5.57. The molecule has 4 nitrogen and oxygen atoms in total. The first-order chi connectivity index (χ1) is 7.86. The van der Waals surface area contributed by atoms with Gasteiger partial charge in [-0.25, -0.2) is 4.68 Å². The Balaban J connectivity index is 2.18. The highest BCUT2D eigenvalue weighted by molar-refractivity contribution is 5.78. The van der Waals surface area contributed by atoms with E-state index in [1.54, 1.807) is 0 Å². The average Bonchev–Trinajstić information content (AvgIpc) is 2.75. The van der Waals surface area contributed by atoms with Gasteiger partial charge in [-0.1, -0.05) is 23.4 Å². The van der Waals surface area contributed by atoms with Gasteiger partial charge in [0.2, 0.25) is 0 Å². The smallest absolute Gasteiger partial charge is 0.0903 e. The number of fused-ring (bicyclic) bond motifs is 1. The minimum Gasteiger partial charge on any atom is -0.384 e. The van der Waals surface area contributed by atoms with Crippen LogP contribution in [0.1, 0.15) is 12.0 Å². The summed E-state index contributed by atoms with van der Waals surface area (Å²) in [6.45, 7) is 1.05. The second-order valence-electron chi connectivity index (χ2n) is 4.11. The first-order valence-electron chi connectivity index (χ1n) is 5.57. The van der Waals surface area contributed by atoms with Crippen LogP contribution in [0.5, 0.6) is 0 Å². The Morgan fingerprint density at radius 2 is 2.31 bits per heavy atom. The number of rotatable bonds is 1. The van der Waals surface area contributed by atoms with Crippen LogP contribution in [0.2, 0.25) is 0 Å². The molecule has 0 atom stereocenters. The second-order valence-corrected chi connectivity index (χ2v) is 4.11. The molecule has 0 spiro atoms. The lowest BCUT2D eigenvalue weighted by molar-refractivity contribution is 0.720. The monoisotopic (exact) mass is 214 g/mol. The van der Waals surface area contributed by atoms with E-state index in [1.165, 1.54) is 23.2 Å². The van der Waals surface area contributed by atoms with E-state index in [1.807, 2.05) is 17.9 Å². The fourth-order valence-electron chi connectivity index (χ4n) is 2.26. The molecule has 0 aliphatic carbocycles. The Kier molecular flexibility index (Phi) is 2.13. The highest BCUT2D eigenvalue weighted by atomic mass is 15.4. The van der Waals surface area contributed by atoms with Gasteiger partial charge in [-0.05, 0) is 18.4 Å². The molecule has 0 saturated carbocycles. The summed E-state index contributed by atoms with van der Waals surface area (Å²) in [4.78, 5) is 0. The molecule has 0 radical (unpaired) electrons. The fraction of sp³-hybridized carbons (Fsp3) is 0.333. The number of nitrogens with zero attached hydrogens (tertiary/aromatic N) is 3. The molecule has 1 aromatic carbocycles. The Hall–Kier alpha value is -1.84. The lowest BCUT2D eigenvalue weighted by Gasteiger charge is -2.20. The Morgan fingerprint density at radius 3 is 3.12 bits per heavy atom. The van der Waals surface area contributed by atoms with E-state index in [4.69, 9.17) is 0 Å². The summed E-state index contributed by atoms with van der Waals surface area (Å²) in [7, 11) is 1.92. The largest absolute Gasteiger partial charge is 0.384 e. The van der Waals surface area contributed by atoms with E-state index in [9.17, 15) is 0 Å². The van der Waals surface area contributed by atoms with Crippen molar-refractivity contribution in [2.24, 2.45) is 7.05 Å². The lowest BCUT2D eigenvalue weighted by Crippen LogP contribution is -2.13. The van der Waals surface area contributed by atoms with Gasteiger partial charge in [0.05, 0.1) is 11.9 Å². The third kappa shape index (κ3) is 1.38. The molecule has 1 N–H and O–H groups in total. The summed E-state index contributed by atoms with van der Waals surface area (Å²) >= 11 is 0. The summed E-state index contributed by atoms with van der Waals surface area (Å²) in [5.74, 6) is 0. The van der Waals surface area contributed by atoms with E-state index in [-0.39, 0.29) is 0 Å². The zero-order valence-corrected chi connectivity index (χ0v) is 9.27. The van der Waals surface area contributed by atoms with Crippen LogP contribution in [0.3, 0.4) is 0 Å². The van der Waals surface area contributed by atoms with Crippen molar-refractivity contribution in [2.45, 2.75) is 12.8 Å². The second kappa shape index (κ2) is 3.63. The van der Waals surface area contributed by atoms with Crippen molar-refractivity contribution < 1.29 is 0 Å². The molecule has 3 rings (SSSR count). The molecule has 1 aliphatic rings. The van der Waals surface area contributed by atoms with Crippen LogP contribution in [0.25, 0.3) is 11.3 Å². The molecule has 0 bridgehead atoms. The molecule has 82 valence electrons. The van der Waals surface area contributed by atoms with Gasteiger partial charge in [0, 0.05) is 24.8 Å². The molecule has 1 aliphatic heterocycles. The lowest BCUT2D eigenvalue weighted by atomic mass is 9.98. The molecule has 0 saturated heterocycles. The molecule has 0 fully saturated rings. The number of anilines is 1. The van der Waals surface area contributed by atoms with E-state index in [0.717, 1.165) is 18.7 Å². The van der Waals surface area contributed by atoms with E-state index >= 15 is 0 Å². The van der Waals surface area contributed by atoms with Gasteiger partial charge in [-0.2, -0.15) is 0 Å². The van der Waals surface area contributed by atoms with Gasteiger partial charge in [0.25, 0.3) is 0 Å². The van der Waals surface area contributed by atoms with Crippen LogP contribution in [-0.2, 0) is 13.5 Å². The van der Waals surface area contributed by atoms with Crippen LogP contribution in [-0.4, -0.2) is 21.5 Å². The van der Waals surface area contributed by atoms with Crippen molar-refractivity contribution in [3.8, 4) is 11.3 Å². The van der Waals surface area contributed by atoms with Crippen LogP contribution in [0.15, 0.2) is 24.4 Å². The molecule has 0 amide bonds. The van der Waals surface area contributed by atoms with Crippen LogP contribution in [0.4, 0.5) is 5.69 Å². The summed E-state index contributed by atoms with van der Waals surface area (Å²) in [5.41, 5.74) is 4.90. The average molecular weight is 214 g/mol. The standard InChI is InChI=1S/C12H14N4/c1-16-11(8-14-15-16)10-6-2-4-9-5-3-7-13-12(9)10/h2,4,6,8,13H,3,5,7H2,1H3. The Morgan fingerprint density at radius 1 is 1.38 bits per heavy atom. The quantitative estimate of drug-likeness (QED) is 0.787. The summed E-state index contributed by atoms with van der Waals surface area (Å²) in [6.07, 6.45) is 4.17. The molecular weight excluding hydrogens is 200 g/mol. The number of benzene rings is 1. The maximum atomic E-state index is 3.98. The Bertz CT molecular complexity index is 515. The van der Waals surface area contributed by atoms with Gasteiger partial charge in [0.15, 0.2) is 0 Å². The van der Waals surface area contributed by atoms with E-state index in [2.05, 4.69) is 33.8 Å². The number of para-hydroxylation sites is 1. The normalized spacial score (nSPS) is 14.3. The van der Waals surface area contributed by atoms with Crippen molar-refractivity contribution in [1.29, 1.82) is 0 Å². The molecule has 2 aromatic rings. The molecule has 4 heteroatoms. The fourth-order valence-corrected chi connectivity index (χ4v) is 2.26. The topological polar surface area (TPSA) is 42.7 Å². The number of aromatic nitrogens is 3. The number of hydrogen-bond donors (Lipinski definition) is 1. The third-order valence-electron chi connectivity index (χ3n) is 3.07. The maximum absolute atomic E-state index is 3.98. The van der Waals surface area contributed by atoms with Gasteiger partial charge >= 0.3 is 0 Å². The first kappa shape index (κ1) is 9.39. The van der Waals surface area contributed by atoms with Gasteiger partial charge in [-0.15, -0.1) is 5.10 Å². The summed E-state index contributed by atoms with van der Waals surface area (Å²) in [5, 5.41) is 11.4. The number of nitrogens with one attached hydrogen (secondary N) is 1. The molecule has 16 heavy (non-hydrogen) atoms. The van der Waals surface area contributed by atoms with Crippen LogP contribution >= 0.6 is 0 Å². The zero-order valence-electron chi connectivity index (χ0n) is 9.27. The third-order valence-corrected chi connectivity index (χ3v) is 3.07. The summed E-state index contributed by atoms with van der Waals surface area (Å²) < 4.78 is 1.81. The van der Waals surface area contributed by atoms with Gasteiger partial charge in [0.1, 0.15) is 0 Å². The highest BCUT2D eigenvalue weighted by Gasteiger charge is 2.15. The molecular formula is C12H14N4. The van der Waals surface area contributed by atoms with Gasteiger partial charge in [-0.3, -0.25) is 0 Å². The molecule has 1 aromatic heterocycles. The van der Waals surface area contributed by atoms with Gasteiger partial charge < -0.3 is 5.32 Å². The maximum Gasteiger partial charge on any atom is 0.0903 e. The molecule has 2 heterocycles. The predicted octanol–water partition coefficient (Wildman–Crippen LogP) is 1.84. The van der Waals surface area contributed by atoms with Crippen LogP contribution < -0.4 is 5.32 Å². The van der Waals surface area contributed by atoms with Crippen molar-refractivity contribution in [3.63, 3.8) is 0 Å². The van der Waals surface area contributed by atoms with Crippen molar-refractivity contribution in [1.82, 2.24) is 15.0 Å². The SMILES string of the molecule is Cn1nncc1-c1cccc2c1NCCC2. The van der Waals surface area contributed by atoms with E-state index < -0.39 is 0 Å². The Labute approximate surface area is 94.3 Å².